The van der Waals surface area contributed by atoms with Gasteiger partial charge in [-0.05, 0) is 63.0 Å². The molecule has 18 heavy (non-hydrogen) atoms. The quantitative estimate of drug-likeness (QED) is 0.839. The molecule has 0 saturated carbocycles. The molecule has 1 aliphatic rings. The van der Waals surface area contributed by atoms with E-state index in [0.29, 0.717) is 6.04 Å². The number of ether oxygens (including phenoxy) is 1. The number of benzene rings is 1. The van der Waals surface area contributed by atoms with E-state index in [9.17, 15) is 0 Å². The van der Waals surface area contributed by atoms with Crippen LogP contribution in [0.15, 0.2) is 24.3 Å². The van der Waals surface area contributed by atoms with Crippen LogP contribution in [-0.4, -0.2) is 27.2 Å². The highest BCUT2D eigenvalue weighted by Gasteiger charge is 2.18. The molecule has 0 amide bonds. The normalized spacial score (nSPS) is 18.6. The van der Waals surface area contributed by atoms with Gasteiger partial charge >= 0.3 is 0 Å². The standard InChI is InChI=1S/C15H24N2O/c1-16-15(11-12-7-9-17-10-8-12)13-3-5-14(18-2)6-4-13/h3-6,12,15-17H,7-11H2,1-2H3. The Morgan fingerprint density at radius 3 is 2.50 bits per heavy atom. The fourth-order valence-corrected chi connectivity index (χ4v) is 2.71. The van der Waals surface area contributed by atoms with Crippen LogP contribution < -0.4 is 15.4 Å². The molecular formula is C15H24N2O. The lowest BCUT2D eigenvalue weighted by atomic mass is 9.88. The van der Waals surface area contributed by atoms with Crippen molar-refractivity contribution >= 4 is 0 Å². The van der Waals surface area contributed by atoms with Crippen molar-refractivity contribution in [2.24, 2.45) is 5.92 Å². The summed E-state index contributed by atoms with van der Waals surface area (Å²) in [5, 5.41) is 6.87. The van der Waals surface area contributed by atoms with Crippen LogP contribution in [0.4, 0.5) is 0 Å². The summed E-state index contributed by atoms with van der Waals surface area (Å²) >= 11 is 0. The van der Waals surface area contributed by atoms with Gasteiger partial charge in [-0.25, -0.2) is 0 Å². The highest BCUT2D eigenvalue weighted by Crippen LogP contribution is 2.27. The van der Waals surface area contributed by atoms with Crippen molar-refractivity contribution in [3.63, 3.8) is 0 Å². The molecule has 1 atom stereocenters. The zero-order chi connectivity index (χ0) is 12.8. The summed E-state index contributed by atoms with van der Waals surface area (Å²) < 4.78 is 5.20. The van der Waals surface area contributed by atoms with Crippen LogP contribution in [0.1, 0.15) is 30.9 Å². The first-order valence-corrected chi connectivity index (χ1v) is 6.85. The van der Waals surface area contributed by atoms with Gasteiger partial charge in [-0.1, -0.05) is 12.1 Å². The molecule has 1 aliphatic heterocycles. The van der Waals surface area contributed by atoms with Gasteiger partial charge in [0.2, 0.25) is 0 Å². The molecule has 1 aromatic rings. The molecule has 0 aromatic heterocycles. The van der Waals surface area contributed by atoms with Gasteiger partial charge in [-0.3, -0.25) is 0 Å². The van der Waals surface area contributed by atoms with E-state index in [1.165, 1.54) is 37.9 Å². The Bertz CT molecular complexity index is 344. The Labute approximate surface area is 110 Å². The molecule has 0 spiro atoms. The average molecular weight is 248 g/mol. The van der Waals surface area contributed by atoms with Crippen LogP contribution in [0.5, 0.6) is 5.75 Å². The topological polar surface area (TPSA) is 33.3 Å². The lowest BCUT2D eigenvalue weighted by Gasteiger charge is -2.27. The van der Waals surface area contributed by atoms with Crippen molar-refractivity contribution in [1.82, 2.24) is 10.6 Å². The lowest BCUT2D eigenvalue weighted by Crippen LogP contribution is -2.30. The minimum absolute atomic E-state index is 0.457. The molecule has 2 N–H and O–H groups in total. The smallest absolute Gasteiger partial charge is 0.118 e. The van der Waals surface area contributed by atoms with Crippen LogP contribution in [0.2, 0.25) is 0 Å². The largest absolute Gasteiger partial charge is 0.497 e. The van der Waals surface area contributed by atoms with Gasteiger partial charge in [0, 0.05) is 6.04 Å². The third kappa shape index (κ3) is 3.47. The van der Waals surface area contributed by atoms with Crippen LogP contribution in [0, 0.1) is 5.92 Å². The van der Waals surface area contributed by atoms with Crippen molar-refractivity contribution in [1.29, 1.82) is 0 Å². The summed E-state index contributed by atoms with van der Waals surface area (Å²) in [6.07, 6.45) is 3.83. The Morgan fingerprint density at radius 2 is 1.94 bits per heavy atom. The zero-order valence-corrected chi connectivity index (χ0v) is 11.4. The van der Waals surface area contributed by atoms with E-state index in [1.807, 2.05) is 12.1 Å². The number of nitrogens with one attached hydrogen (secondary N) is 2. The fourth-order valence-electron chi connectivity index (χ4n) is 2.71. The van der Waals surface area contributed by atoms with Gasteiger partial charge in [-0.2, -0.15) is 0 Å². The van der Waals surface area contributed by atoms with Crippen molar-refractivity contribution in [2.75, 3.05) is 27.2 Å². The Morgan fingerprint density at radius 1 is 1.28 bits per heavy atom. The van der Waals surface area contributed by atoms with Crippen molar-refractivity contribution in [3.05, 3.63) is 29.8 Å². The number of rotatable bonds is 5. The van der Waals surface area contributed by atoms with E-state index in [2.05, 4.69) is 29.8 Å². The first-order chi connectivity index (χ1) is 8.83. The van der Waals surface area contributed by atoms with E-state index in [4.69, 9.17) is 4.74 Å². The summed E-state index contributed by atoms with van der Waals surface area (Å²) in [6.45, 7) is 2.34. The van der Waals surface area contributed by atoms with E-state index in [0.717, 1.165) is 11.7 Å². The highest BCUT2D eigenvalue weighted by atomic mass is 16.5. The molecule has 100 valence electrons. The molecule has 0 radical (unpaired) electrons. The predicted molar refractivity (Wildman–Crippen MR) is 75.0 cm³/mol. The SMILES string of the molecule is CNC(CC1CCNCC1)c1ccc(OC)cc1. The Kier molecular flexibility index (Phi) is 5.02. The minimum Gasteiger partial charge on any atom is -0.497 e. The van der Waals surface area contributed by atoms with E-state index >= 15 is 0 Å². The van der Waals surface area contributed by atoms with Crippen molar-refractivity contribution in [3.8, 4) is 5.75 Å². The number of hydrogen-bond donors (Lipinski definition) is 2. The molecule has 0 bridgehead atoms. The number of methoxy groups -OCH3 is 1. The van der Waals surface area contributed by atoms with Crippen molar-refractivity contribution < 1.29 is 4.74 Å². The van der Waals surface area contributed by atoms with Gasteiger partial charge in [0.1, 0.15) is 5.75 Å². The Balaban J connectivity index is 1.97. The molecule has 3 heteroatoms. The summed E-state index contributed by atoms with van der Waals surface area (Å²) in [7, 11) is 3.76. The van der Waals surface area contributed by atoms with Crippen LogP contribution in [0.3, 0.4) is 0 Å². The predicted octanol–water partition coefficient (Wildman–Crippen LogP) is 2.35. The second-order valence-corrected chi connectivity index (χ2v) is 5.04. The molecule has 1 aromatic carbocycles. The fraction of sp³-hybridized carbons (Fsp3) is 0.600. The van der Waals surface area contributed by atoms with Gasteiger partial charge < -0.3 is 15.4 Å². The molecule has 1 heterocycles. The molecule has 1 fully saturated rings. The maximum absolute atomic E-state index is 5.20. The third-order valence-electron chi connectivity index (χ3n) is 3.89. The van der Waals surface area contributed by atoms with E-state index < -0.39 is 0 Å². The minimum atomic E-state index is 0.457. The monoisotopic (exact) mass is 248 g/mol. The van der Waals surface area contributed by atoms with Crippen molar-refractivity contribution in [2.45, 2.75) is 25.3 Å². The maximum atomic E-state index is 5.20. The summed E-state index contributed by atoms with van der Waals surface area (Å²) in [6, 6.07) is 8.88. The van der Waals surface area contributed by atoms with E-state index in [-0.39, 0.29) is 0 Å². The average Bonchev–Trinajstić information content (AvgIpc) is 2.46. The van der Waals surface area contributed by atoms with Gasteiger partial charge in [0.25, 0.3) is 0 Å². The highest BCUT2D eigenvalue weighted by molar-refractivity contribution is 5.29. The number of hydrogen-bond acceptors (Lipinski definition) is 3. The molecule has 2 rings (SSSR count). The van der Waals surface area contributed by atoms with Gasteiger partial charge in [0.05, 0.1) is 7.11 Å². The second kappa shape index (κ2) is 6.76. The summed E-state index contributed by atoms with van der Waals surface area (Å²) in [5.74, 6) is 1.77. The third-order valence-corrected chi connectivity index (χ3v) is 3.89. The summed E-state index contributed by atoms with van der Waals surface area (Å²) in [4.78, 5) is 0. The molecular weight excluding hydrogens is 224 g/mol. The molecule has 0 aliphatic carbocycles. The van der Waals surface area contributed by atoms with Gasteiger partial charge in [-0.15, -0.1) is 0 Å². The number of piperidine rings is 1. The van der Waals surface area contributed by atoms with Gasteiger partial charge in [0.15, 0.2) is 0 Å². The second-order valence-electron chi connectivity index (χ2n) is 5.04. The Hall–Kier alpha value is -1.06. The molecule has 3 nitrogen and oxygen atoms in total. The first kappa shape index (κ1) is 13.4. The maximum Gasteiger partial charge on any atom is 0.118 e. The lowest BCUT2D eigenvalue weighted by molar-refractivity contribution is 0.318. The zero-order valence-electron chi connectivity index (χ0n) is 11.4. The van der Waals surface area contributed by atoms with Crippen LogP contribution in [0.25, 0.3) is 0 Å². The van der Waals surface area contributed by atoms with Crippen LogP contribution in [-0.2, 0) is 0 Å². The summed E-state index contributed by atoms with van der Waals surface area (Å²) in [5.41, 5.74) is 1.36. The molecule has 1 saturated heterocycles. The van der Waals surface area contributed by atoms with E-state index in [1.54, 1.807) is 7.11 Å². The first-order valence-electron chi connectivity index (χ1n) is 6.85. The molecule has 1 unspecified atom stereocenters. The van der Waals surface area contributed by atoms with Crippen LogP contribution >= 0.6 is 0 Å².